The summed E-state index contributed by atoms with van der Waals surface area (Å²) in [4.78, 5) is 180. The third-order valence-corrected chi connectivity index (χ3v) is 20.7. The average molecular weight is 1460 g/mol. The van der Waals surface area contributed by atoms with Crippen molar-refractivity contribution in [3.8, 4) is 11.5 Å². The van der Waals surface area contributed by atoms with E-state index in [1.54, 1.807) is 71.3 Å². The molecule has 554 valence electrons. The number of pyridine rings is 1. The summed E-state index contributed by atoms with van der Waals surface area (Å²) in [5, 5.41) is 48.4. The maximum atomic E-state index is 15.0. The zero-order chi connectivity index (χ0) is 75.1. The number of aromatic hydroxyl groups is 2. The summed E-state index contributed by atoms with van der Waals surface area (Å²) >= 11 is 2.88. The first-order valence-electron chi connectivity index (χ1n) is 34.5. The molecule has 28 nitrogen and oxygen atoms in total. The quantitative estimate of drug-likeness (QED) is 0.0993. The van der Waals surface area contributed by atoms with Crippen molar-refractivity contribution < 1.29 is 72.5 Å². The second-order valence-electron chi connectivity index (χ2n) is 28.2. The summed E-state index contributed by atoms with van der Waals surface area (Å²) < 4.78 is 6.23. The highest BCUT2D eigenvalue weighted by molar-refractivity contribution is 7.98. The Balaban J connectivity index is 1.07. The van der Waals surface area contributed by atoms with Crippen molar-refractivity contribution in [2.24, 2.45) is 5.41 Å². The van der Waals surface area contributed by atoms with Crippen LogP contribution in [0.1, 0.15) is 123 Å². The summed E-state index contributed by atoms with van der Waals surface area (Å²) in [6, 6.07) is 11.6. The first-order valence-corrected chi connectivity index (χ1v) is 36.8. The van der Waals surface area contributed by atoms with Gasteiger partial charge in [-0.3, -0.25) is 52.7 Å². The van der Waals surface area contributed by atoms with Crippen LogP contribution in [0.4, 0.5) is 0 Å². The molecule has 2 fully saturated rings. The summed E-state index contributed by atoms with van der Waals surface area (Å²) in [5.41, 5.74) is -0.651. The molecule has 3 aromatic carbocycles. The molecule has 13 N–H and O–H groups in total. The van der Waals surface area contributed by atoms with Crippen LogP contribution in [-0.4, -0.2) is 192 Å². The van der Waals surface area contributed by atoms with Crippen LogP contribution < -0.4 is 53.2 Å². The molecule has 0 aliphatic carbocycles. The van der Waals surface area contributed by atoms with Gasteiger partial charge in [0.05, 0.1) is 18.2 Å². The minimum absolute atomic E-state index is 0.00668. The number of aromatic nitrogens is 2. The van der Waals surface area contributed by atoms with Gasteiger partial charge in [0.25, 0.3) is 0 Å². The molecule has 2 aromatic heterocycles. The number of phenols is 2. The lowest BCUT2D eigenvalue weighted by Gasteiger charge is -2.34. The number of carbonyl (C=O) groups is 12. The summed E-state index contributed by atoms with van der Waals surface area (Å²) in [6.45, 7) is 15.6. The number of amides is 11. The van der Waals surface area contributed by atoms with Crippen LogP contribution in [0.5, 0.6) is 11.5 Å². The van der Waals surface area contributed by atoms with Crippen molar-refractivity contribution in [2.45, 2.75) is 203 Å². The zero-order valence-corrected chi connectivity index (χ0v) is 61.2. The molecule has 12 atom stereocenters. The summed E-state index contributed by atoms with van der Waals surface area (Å²) in [7, 11) is 0. The third kappa shape index (κ3) is 21.1. The fourth-order valence-electron chi connectivity index (χ4n) is 12.3. The Kier molecular flexibility index (Phi) is 27.0. The van der Waals surface area contributed by atoms with Gasteiger partial charge in [-0.05, 0) is 130 Å². The monoisotopic (exact) mass is 1460 g/mol. The van der Waals surface area contributed by atoms with E-state index in [1.165, 1.54) is 99.4 Å². The van der Waals surface area contributed by atoms with E-state index < -0.39 is 148 Å². The minimum Gasteiger partial charge on any atom is -0.508 e. The van der Waals surface area contributed by atoms with E-state index in [0.29, 0.717) is 57.7 Å². The molecular formula is C73H95N13O15S2. The van der Waals surface area contributed by atoms with Gasteiger partial charge in [-0.15, -0.1) is 0 Å². The van der Waals surface area contributed by atoms with Gasteiger partial charge >= 0.3 is 0 Å². The average Bonchev–Trinajstić information content (AvgIpc) is 1.72. The minimum atomic E-state index is -1.89. The number of thioether (sulfide) groups is 2. The Hall–Kier alpha value is -9.55. The first-order chi connectivity index (χ1) is 48.8. The zero-order valence-electron chi connectivity index (χ0n) is 59.6. The molecule has 11 amide bonds. The van der Waals surface area contributed by atoms with E-state index in [2.05, 4.69) is 63.1 Å². The molecule has 0 radical (unpaired) electrons. The van der Waals surface area contributed by atoms with Crippen LogP contribution in [0.2, 0.25) is 0 Å². The number of aromatic amines is 1. The summed E-state index contributed by atoms with van der Waals surface area (Å²) in [6.07, 6.45) is 1.85. The van der Waals surface area contributed by atoms with Crippen LogP contribution in [0.15, 0.2) is 97.3 Å². The summed E-state index contributed by atoms with van der Waals surface area (Å²) in [5.74, 6) is -6.80. The number of benzene rings is 3. The Morgan fingerprint density at radius 2 is 1.24 bits per heavy atom. The molecule has 103 heavy (non-hydrogen) atoms. The van der Waals surface area contributed by atoms with Crippen molar-refractivity contribution in [1.29, 1.82) is 0 Å². The van der Waals surface area contributed by atoms with E-state index in [-0.39, 0.29) is 62.3 Å². The molecule has 5 heterocycles. The van der Waals surface area contributed by atoms with Gasteiger partial charge < -0.3 is 82.8 Å². The lowest BCUT2D eigenvalue weighted by Crippen LogP contribution is -2.66. The number of nitrogens with zero attached hydrogens (tertiary/aromatic N) is 2. The molecule has 30 heteroatoms. The Morgan fingerprint density at radius 3 is 1.88 bits per heavy atom. The molecular weight excluding hydrogens is 1360 g/mol. The molecule has 8 rings (SSSR count). The Labute approximate surface area is 606 Å². The van der Waals surface area contributed by atoms with E-state index in [1.807, 2.05) is 24.3 Å². The van der Waals surface area contributed by atoms with Crippen LogP contribution >= 0.6 is 23.5 Å². The number of carbonyl (C=O) groups excluding carboxylic acids is 12. The van der Waals surface area contributed by atoms with E-state index in [9.17, 15) is 67.7 Å². The number of ether oxygens (including phenoxy) is 1. The normalized spacial score (nSPS) is 27.2. The molecule has 0 saturated carbocycles. The fraction of sp³-hybridized carbons (Fsp3) is 0.493. The predicted molar refractivity (Wildman–Crippen MR) is 387 cm³/mol. The van der Waals surface area contributed by atoms with E-state index >= 15 is 0 Å². The van der Waals surface area contributed by atoms with Gasteiger partial charge in [-0.2, -0.15) is 23.5 Å². The molecule has 2 saturated heterocycles. The number of hydrogen-bond acceptors (Lipinski definition) is 18. The topological polar surface area (TPSA) is 407 Å². The van der Waals surface area contributed by atoms with Crippen molar-refractivity contribution in [3.63, 3.8) is 0 Å². The highest BCUT2D eigenvalue weighted by atomic mass is 32.2. The lowest BCUT2D eigenvalue weighted by molar-refractivity contribution is -0.143. The Bertz CT molecular complexity index is 3920. The molecule has 4 bridgehead atoms. The SMILES string of the molecule is CCC1NC(=O)[C@@H]2CCCN2C(=O)[C@H](Cc2ccc(O)cc2)NC(=O)C(C(C)(C)C)NC(=O)CCSCc2cccc(c2)CSC[C@@H](C=O)NC(=O)C2NC(=O)[C@@](C)(NC(=O)[C@H](Cc3ccc(O)cc3)NC(=O)[C@H](C)NC(=O)C(C)(C)NC(=O)[C@H](Cc3c[nH]c4ncccc34)NC1=O)C(C)O[C@H]2C. The predicted octanol–water partition coefficient (Wildman–Crippen LogP) is 2.69. The van der Waals surface area contributed by atoms with Gasteiger partial charge in [0.1, 0.15) is 82.8 Å². The van der Waals surface area contributed by atoms with Crippen molar-refractivity contribution in [2.75, 3.05) is 18.1 Å². The van der Waals surface area contributed by atoms with E-state index in [4.69, 9.17) is 4.74 Å². The molecule has 4 unspecified atom stereocenters. The lowest BCUT2D eigenvalue weighted by atomic mass is 9.85. The standard InChI is InChI=1S/C73H95N13O15S2/c1-11-52-62(92)80-54(34-47-35-75-60-51(47)17-13-28-74-60)63(93)84-72(8,9)69(99)76-40(2)61(91)79-53(32-43-19-23-49(88)24-20-43)64(94)85-73(10)42(4)101-41(3)58(83-70(73)100)66(96)77-48(36-87)39-103-38-46-16-12-15-45(31-46)37-102-30-27-57(90)82-59(71(5,6)7)67(97)81-55(33-44-21-25-50(89)26-22-44)68(98)86-29-14-18-56(86)65(95)78-52/h12-13,15-17,19-26,28,31,35-36,40-42,48,52-56,58-59,88-89H,11,14,18,27,29-30,32-34,37-39H2,1-10H3,(H,74,75)(H,76,99)(H,77,96)(H,78,95)(H,79,91)(H,80,92)(H,81,97)(H,82,90)(H,83,100)(H,84,93)(H,85,94)/t40-,41-,42?,48+,52?,53-,54-,55-,56-,58?,59?,73-/m0/s1. The fourth-order valence-corrected chi connectivity index (χ4v) is 14.1. The number of nitrogens with one attached hydrogen (secondary N) is 11. The van der Waals surface area contributed by atoms with Crippen LogP contribution in [-0.2, 0) is 93.0 Å². The second kappa shape index (κ2) is 35.1. The van der Waals surface area contributed by atoms with Crippen LogP contribution in [0.3, 0.4) is 0 Å². The second-order valence-corrected chi connectivity index (χ2v) is 30.3. The number of phenolic OH excluding ortho intramolecular Hbond substituents is 2. The number of hydrogen-bond donors (Lipinski definition) is 13. The molecule has 5 aromatic rings. The van der Waals surface area contributed by atoms with Crippen molar-refractivity contribution in [1.82, 2.24) is 68.0 Å². The molecule has 3 aliphatic heterocycles. The smallest absolute Gasteiger partial charge is 0.248 e. The highest BCUT2D eigenvalue weighted by Crippen LogP contribution is 2.27. The number of H-pyrrole nitrogens is 1. The van der Waals surface area contributed by atoms with Gasteiger partial charge in [-0.1, -0.05) is 76.2 Å². The molecule has 0 spiro atoms. The maximum absolute atomic E-state index is 15.0. The first kappa shape index (κ1) is 79.2. The van der Waals surface area contributed by atoms with E-state index in [0.717, 1.165) is 11.1 Å². The third-order valence-electron chi connectivity index (χ3n) is 18.6. The van der Waals surface area contributed by atoms with Crippen molar-refractivity contribution in [3.05, 3.63) is 125 Å². The largest absolute Gasteiger partial charge is 0.508 e. The highest BCUT2D eigenvalue weighted by Gasteiger charge is 2.49. The van der Waals surface area contributed by atoms with Crippen molar-refractivity contribution >= 4 is 106 Å². The number of fused-ring (bicyclic) bond motifs is 7. The van der Waals surface area contributed by atoms with Gasteiger partial charge in [0.15, 0.2) is 0 Å². The van der Waals surface area contributed by atoms with Gasteiger partial charge in [0, 0.05) is 73.0 Å². The van der Waals surface area contributed by atoms with Gasteiger partial charge in [0.2, 0.25) is 65.0 Å². The van der Waals surface area contributed by atoms with Crippen LogP contribution in [0.25, 0.3) is 11.0 Å². The Morgan fingerprint density at radius 1 is 0.641 bits per heavy atom. The van der Waals surface area contributed by atoms with Gasteiger partial charge in [-0.25, -0.2) is 4.98 Å². The molecule has 3 aliphatic rings. The van der Waals surface area contributed by atoms with Crippen LogP contribution in [0, 0.1) is 5.41 Å². The number of aldehydes is 1. The maximum Gasteiger partial charge on any atom is 0.248 e. The number of rotatable bonds is 8.